The molecule has 1 atom stereocenters. The van der Waals surface area contributed by atoms with Crippen molar-refractivity contribution in [3.05, 3.63) is 0 Å². The van der Waals surface area contributed by atoms with Crippen LogP contribution in [0.1, 0.15) is 19.3 Å². The molecule has 0 saturated heterocycles. The van der Waals surface area contributed by atoms with Crippen LogP contribution in [0.3, 0.4) is 0 Å². The van der Waals surface area contributed by atoms with Crippen molar-refractivity contribution in [1.82, 2.24) is 5.32 Å². The quantitative estimate of drug-likeness (QED) is 0.249. The minimum Gasteiger partial charge on any atom is -0.370 e. The molecule has 16 heavy (non-hydrogen) atoms. The Hall–Kier alpha value is -0.400. The van der Waals surface area contributed by atoms with Crippen molar-refractivity contribution in [1.29, 1.82) is 0 Å². The number of guanidine groups is 1. The van der Waals surface area contributed by atoms with Gasteiger partial charge in [-0.25, -0.2) is 4.99 Å². The monoisotopic (exact) mass is 261 g/mol. The fraction of sp³-hybridized carbons (Fsp3) is 0.778. The minimum atomic E-state index is -0.299. The van der Waals surface area contributed by atoms with Gasteiger partial charge in [0.05, 0.1) is 0 Å². The topological polar surface area (TPSA) is 88.8 Å². The van der Waals surface area contributed by atoms with Crippen molar-refractivity contribution in [3.8, 4) is 0 Å². The maximum Gasteiger partial charge on any atom is 0.193 e. The first-order chi connectivity index (χ1) is 7.56. The Balaban J connectivity index is 2.41. The zero-order chi connectivity index (χ0) is 12.0. The molecule has 0 aromatic heterocycles. The first kappa shape index (κ1) is 13.7. The molecular formula is C9H19N5S2. The third-order valence-electron chi connectivity index (χ3n) is 2.21. The Bertz CT molecular complexity index is 288. The van der Waals surface area contributed by atoms with Crippen LogP contribution in [0, 0.1) is 0 Å². The van der Waals surface area contributed by atoms with Gasteiger partial charge in [-0.1, -0.05) is 11.8 Å². The molecule has 0 bridgehead atoms. The van der Waals surface area contributed by atoms with Crippen LogP contribution in [0.15, 0.2) is 9.98 Å². The Morgan fingerprint density at radius 2 is 2.38 bits per heavy atom. The summed E-state index contributed by atoms with van der Waals surface area (Å²) in [6.45, 7) is 1.03. The van der Waals surface area contributed by atoms with Crippen molar-refractivity contribution < 1.29 is 0 Å². The van der Waals surface area contributed by atoms with Gasteiger partial charge < -0.3 is 16.8 Å². The van der Waals surface area contributed by atoms with Crippen molar-refractivity contribution >= 4 is 35.5 Å². The van der Waals surface area contributed by atoms with Crippen LogP contribution in [-0.2, 0) is 0 Å². The summed E-state index contributed by atoms with van der Waals surface area (Å²) in [5, 5.41) is 3.76. The third-order valence-corrected chi connectivity index (χ3v) is 3.97. The van der Waals surface area contributed by atoms with E-state index in [4.69, 9.17) is 11.5 Å². The van der Waals surface area contributed by atoms with E-state index in [1.807, 2.05) is 7.05 Å². The maximum absolute atomic E-state index is 5.30. The zero-order valence-corrected chi connectivity index (χ0v) is 11.2. The molecule has 0 radical (unpaired) electrons. The van der Waals surface area contributed by atoms with Crippen LogP contribution in [0.25, 0.3) is 0 Å². The highest BCUT2D eigenvalue weighted by Gasteiger charge is 2.31. The second-order valence-electron chi connectivity index (χ2n) is 3.76. The Morgan fingerprint density at radius 3 is 3.00 bits per heavy atom. The number of hydrogen-bond acceptors (Lipinski definition) is 5. The first-order valence-corrected chi connectivity index (χ1v) is 6.68. The summed E-state index contributed by atoms with van der Waals surface area (Å²) in [6, 6.07) is 0. The van der Waals surface area contributed by atoms with E-state index >= 15 is 0 Å². The number of thiol groups is 1. The normalized spacial score (nSPS) is 24.2. The van der Waals surface area contributed by atoms with Gasteiger partial charge in [-0.05, 0) is 32.9 Å². The highest BCUT2D eigenvalue weighted by molar-refractivity contribution is 8.14. The van der Waals surface area contributed by atoms with Crippen molar-refractivity contribution in [3.63, 3.8) is 0 Å². The molecule has 5 nitrogen and oxygen atoms in total. The highest BCUT2D eigenvalue weighted by atomic mass is 32.2. The van der Waals surface area contributed by atoms with Gasteiger partial charge in [-0.3, -0.25) is 0 Å². The Kier molecular flexibility index (Phi) is 5.43. The number of rotatable bonds is 5. The standard InChI is InChI=1S/C9H19N5S2/c1-12-5-3-2-4-9(15)6-16-8(14-9)13-7(10)11/h12,15H,2-6H2,1H3,(H4,10,11,13,14). The summed E-state index contributed by atoms with van der Waals surface area (Å²) in [7, 11) is 1.96. The summed E-state index contributed by atoms with van der Waals surface area (Å²) in [5.41, 5.74) is 10.6. The summed E-state index contributed by atoms with van der Waals surface area (Å²) < 4.78 is 0. The molecule has 1 heterocycles. The molecule has 0 aromatic carbocycles. The number of amidine groups is 1. The van der Waals surface area contributed by atoms with E-state index < -0.39 is 0 Å². The van der Waals surface area contributed by atoms with Crippen LogP contribution in [0.5, 0.6) is 0 Å². The molecule has 0 amide bonds. The SMILES string of the molecule is CNCCCCC1(S)CSC(N=C(N)N)=N1. The zero-order valence-electron chi connectivity index (χ0n) is 9.44. The van der Waals surface area contributed by atoms with E-state index in [9.17, 15) is 0 Å². The summed E-state index contributed by atoms with van der Waals surface area (Å²) in [4.78, 5) is 8.07. The molecule has 0 fully saturated rings. The van der Waals surface area contributed by atoms with Crippen LogP contribution in [0.2, 0.25) is 0 Å². The van der Waals surface area contributed by atoms with Gasteiger partial charge in [-0.2, -0.15) is 4.99 Å². The van der Waals surface area contributed by atoms with Crippen LogP contribution in [0.4, 0.5) is 0 Å². The Labute approximate surface area is 106 Å². The lowest BCUT2D eigenvalue weighted by Crippen LogP contribution is -2.23. The molecule has 5 N–H and O–H groups in total. The molecule has 1 aliphatic heterocycles. The van der Waals surface area contributed by atoms with E-state index in [1.54, 1.807) is 11.8 Å². The van der Waals surface area contributed by atoms with Gasteiger partial charge in [0.1, 0.15) is 4.87 Å². The van der Waals surface area contributed by atoms with E-state index in [0.29, 0.717) is 5.17 Å². The fourth-order valence-corrected chi connectivity index (χ4v) is 2.92. The van der Waals surface area contributed by atoms with Gasteiger partial charge in [0.15, 0.2) is 11.1 Å². The lowest BCUT2D eigenvalue weighted by Gasteiger charge is -2.17. The van der Waals surface area contributed by atoms with Crippen LogP contribution >= 0.6 is 24.4 Å². The highest BCUT2D eigenvalue weighted by Crippen LogP contribution is 2.35. The number of aliphatic imine (C=N–C) groups is 2. The number of thioether (sulfide) groups is 1. The molecule has 0 aromatic rings. The lowest BCUT2D eigenvalue weighted by molar-refractivity contribution is 0.564. The first-order valence-electron chi connectivity index (χ1n) is 5.25. The minimum absolute atomic E-state index is 0.0546. The average Bonchev–Trinajstić information content (AvgIpc) is 2.55. The fourth-order valence-electron chi connectivity index (χ4n) is 1.43. The second-order valence-corrected chi connectivity index (χ2v) is 5.54. The molecule has 0 aliphatic carbocycles. The molecular weight excluding hydrogens is 242 g/mol. The molecule has 1 unspecified atom stereocenters. The van der Waals surface area contributed by atoms with E-state index in [2.05, 4.69) is 27.9 Å². The van der Waals surface area contributed by atoms with Gasteiger partial charge in [0.25, 0.3) is 0 Å². The van der Waals surface area contributed by atoms with Gasteiger partial charge in [0.2, 0.25) is 0 Å². The molecule has 1 rings (SSSR count). The molecule has 7 heteroatoms. The van der Waals surface area contributed by atoms with Gasteiger partial charge in [-0.15, -0.1) is 12.6 Å². The van der Waals surface area contributed by atoms with Crippen molar-refractivity contribution in [2.75, 3.05) is 19.3 Å². The number of hydrogen-bond donors (Lipinski definition) is 4. The van der Waals surface area contributed by atoms with Crippen molar-refractivity contribution in [2.24, 2.45) is 21.5 Å². The van der Waals surface area contributed by atoms with E-state index in [-0.39, 0.29) is 10.8 Å². The average molecular weight is 261 g/mol. The third kappa shape index (κ3) is 4.63. The van der Waals surface area contributed by atoms with E-state index in [0.717, 1.165) is 31.6 Å². The van der Waals surface area contributed by atoms with E-state index in [1.165, 1.54) is 0 Å². The molecule has 0 saturated carbocycles. The van der Waals surface area contributed by atoms with Gasteiger partial charge in [0, 0.05) is 5.75 Å². The number of nitrogens with one attached hydrogen (secondary N) is 1. The summed E-state index contributed by atoms with van der Waals surface area (Å²) >= 11 is 6.14. The second kappa shape index (κ2) is 6.36. The smallest absolute Gasteiger partial charge is 0.193 e. The summed E-state index contributed by atoms with van der Waals surface area (Å²) in [6.07, 6.45) is 3.19. The summed E-state index contributed by atoms with van der Waals surface area (Å²) in [5.74, 6) is 0.890. The van der Waals surface area contributed by atoms with Crippen LogP contribution in [-0.4, -0.2) is 35.3 Å². The van der Waals surface area contributed by atoms with Gasteiger partial charge >= 0.3 is 0 Å². The largest absolute Gasteiger partial charge is 0.370 e. The number of nitrogens with zero attached hydrogens (tertiary/aromatic N) is 2. The number of unbranched alkanes of at least 4 members (excludes halogenated alkanes) is 1. The lowest BCUT2D eigenvalue weighted by atomic mass is 10.1. The maximum atomic E-state index is 5.30. The van der Waals surface area contributed by atoms with Crippen LogP contribution < -0.4 is 16.8 Å². The predicted octanol–water partition coefficient (Wildman–Crippen LogP) is 0.378. The molecule has 92 valence electrons. The number of nitrogens with two attached hydrogens (primary N) is 2. The molecule has 0 spiro atoms. The molecule has 1 aliphatic rings. The van der Waals surface area contributed by atoms with Crippen molar-refractivity contribution in [2.45, 2.75) is 24.1 Å². The Morgan fingerprint density at radius 1 is 1.62 bits per heavy atom. The predicted molar refractivity (Wildman–Crippen MR) is 75.2 cm³/mol.